The second-order valence-corrected chi connectivity index (χ2v) is 11.5. The Kier molecular flexibility index (Phi) is 11.0. The second kappa shape index (κ2) is 14.7. The van der Waals surface area contributed by atoms with E-state index in [1.165, 1.54) is 77.7 Å². The first-order valence-electron chi connectivity index (χ1n) is 14.7. The molecule has 0 aromatic carbocycles. The highest BCUT2D eigenvalue weighted by Gasteiger charge is 2.38. The molecular weight excluding hydrogens is 516 g/mol. The number of nitrogens with one attached hydrogen (secondary N) is 1. The summed E-state index contributed by atoms with van der Waals surface area (Å²) in [5.41, 5.74) is -0.106. The lowest BCUT2D eigenvalue weighted by Crippen LogP contribution is -2.46. The Bertz CT molecular complexity index is 1010. The molecule has 3 fully saturated rings. The summed E-state index contributed by atoms with van der Waals surface area (Å²) in [6.45, 7) is 3.36. The summed E-state index contributed by atoms with van der Waals surface area (Å²) < 4.78 is 27.8. The Balaban J connectivity index is 1.48. The van der Waals surface area contributed by atoms with Crippen molar-refractivity contribution in [1.29, 1.82) is 0 Å². The maximum Gasteiger partial charge on any atom is 0.331 e. The summed E-state index contributed by atoms with van der Waals surface area (Å²) in [6, 6.07) is 0.509. The van der Waals surface area contributed by atoms with Gasteiger partial charge >= 0.3 is 11.9 Å². The van der Waals surface area contributed by atoms with E-state index in [9.17, 15) is 14.4 Å². The summed E-state index contributed by atoms with van der Waals surface area (Å²) >= 11 is 0. The van der Waals surface area contributed by atoms with E-state index in [4.69, 9.17) is 23.7 Å². The SMILES string of the molecule is COc1ccnc(C(=O)N[C@H]2COC[C@H](CC3CCCC3)[C@@H](CC3CCCC3)[C@H](C)OC2=O)c1OCOC(C)=O. The Morgan fingerprint density at radius 1 is 1.05 bits per heavy atom. The molecule has 1 N–H and O–H groups in total. The van der Waals surface area contributed by atoms with E-state index in [0.29, 0.717) is 24.4 Å². The van der Waals surface area contributed by atoms with Gasteiger partial charge in [0.25, 0.3) is 5.91 Å². The van der Waals surface area contributed by atoms with Crippen LogP contribution in [-0.2, 0) is 23.8 Å². The molecule has 1 saturated heterocycles. The second-order valence-electron chi connectivity index (χ2n) is 11.5. The molecule has 40 heavy (non-hydrogen) atoms. The standard InChI is InChI=1S/C30H44N2O8/c1-19-24(15-22-10-6-7-11-22)23(14-21-8-4-5-9-21)16-37-17-25(30(35)40-19)32-29(34)27-28(39-18-38-20(2)33)26(36-3)12-13-31-27/h12-13,19,21-25H,4-11,14-18H2,1-3H3,(H,32,34)/t19-,23-,24-,25-/m0/s1. The predicted octanol–water partition coefficient (Wildman–Crippen LogP) is 4.44. The molecule has 1 amide bonds. The zero-order valence-electron chi connectivity index (χ0n) is 24.0. The van der Waals surface area contributed by atoms with Gasteiger partial charge in [0, 0.05) is 31.7 Å². The van der Waals surface area contributed by atoms with Crippen molar-refractivity contribution in [3.8, 4) is 11.5 Å². The lowest BCUT2D eigenvalue weighted by atomic mass is 9.76. The van der Waals surface area contributed by atoms with Gasteiger partial charge in [-0.2, -0.15) is 0 Å². The van der Waals surface area contributed by atoms with Crippen LogP contribution in [0, 0.1) is 23.7 Å². The van der Waals surface area contributed by atoms with Crippen molar-refractivity contribution in [2.24, 2.45) is 23.7 Å². The average molecular weight is 561 g/mol. The highest BCUT2D eigenvalue weighted by Crippen LogP contribution is 2.40. The number of carbonyl (C=O) groups is 3. The first-order valence-corrected chi connectivity index (χ1v) is 14.7. The van der Waals surface area contributed by atoms with Crippen LogP contribution in [0.1, 0.15) is 88.5 Å². The zero-order chi connectivity index (χ0) is 28.5. The van der Waals surface area contributed by atoms with Crippen LogP contribution in [0.2, 0.25) is 0 Å². The molecule has 10 nitrogen and oxygen atoms in total. The number of hydrogen-bond acceptors (Lipinski definition) is 9. The van der Waals surface area contributed by atoms with E-state index in [1.54, 1.807) is 0 Å². The Labute approximate surface area is 236 Å². The molecule has 2 aliphatic carbocycles. The molecule has 10 heteroatoms. The van der Waals surface area contributed by atoms with E-state index < -0.39 is 30.7 Å². The molecule has 2 heterocycles. The minimum Gasteiger partial charge on any atom is -0.493 e. The third-order valence-electron chi connectivity index (χ3n) is 8.68. The molecule has 222 valence electrons. The summed E-state index contributed by atoms with van der Waals surface area (Å²) in [5, 5.41) is 2.72. The molecule has 1 aromatic rings. The number of methoxy groups -OCH3 is 1. The van der Waals surface area contributed by atoms with Crippen molar-refractivity contribution < 1.29 is 38.1 Å². The van der Waals surface area contributed by atoms with Crippen LogP contribution in [0.15, 0.2) is 12.3 Å². The molecule has 0 radical (unpaired) electrons. The number of esters is 2. The fourth-order valence-electron chi connectivity index (χ4n) is 6.59. The average Bonchev–Trinajstić information content (AvgIpc) is 3.64. The number of cyclic esters (lactones) is 1. The van der Waals surface area contributed by atoms with Gasteiger partial charge in [-0.3, -0.25) is 9.59 Å². The van der Waals surface area contributed by atoms with E-state index >= 15 is 0 Å². The van der Waals surface area contributed by atoms with Gasteiger partial charge in [0.1, 0.15) is 6.10 Å². The minimum atomic E-state index is -1.01. The van der Waals surface area contributed by atoms with E-state index in [1.807, 2.05) is 6.92 Å². The Hall–Kier alpha value is -2.88. The maximum absolute atomic E-state index is 13.3. The van der Waals surface area contributed by atoms with Crippen molar-refractivity contribution >= 4 is 17.8 Å². The molecule has 1 aromatic heterocycles. The van der Waals surface area contributed by atoms with Crippen LogP contribution in [0.25, 0.3) is 0 Å². The Morgan fingerprint density at radius 3 is 2.38 bits per heavy atom. The van der Waals surface area contributed by atoms with Crippen LogP contribution in [0.5, 0.6) is 11.5 Å². The maximum atomic E-state index is 13.3. The first-order chi connectivity index (χ1) is 19.4. The number of hydrogen-bond donors (Lipinski definition) is 1. The minimum absolute atomic E-state index is 0.00220. The van der Waals surface area contributed by atoms with Crippen LogP contribution in [0.3, 0.4) is 0 Å². The van der Waals surface area contributed by atoms with Gasteiger partial charge in [-0.25, -0.2) is 9.78 Å². The normalized spacial score (nSPS) is 26.3. The molecule has 0 spiro atoms. The summed E-state index contributed by atoms with van der Waals surface area (Å²) in [4.78, 5) is 42.0. The van der Waals surface area contributed by atoms with Crippen LogP contribution in [0.4, 0.5) is 0 Å². The highest BCUT2D eigenvalue weighted by atomic mass is 16.7. The summed E-state index contributed by atoms with van der Waals surface area (Å²) in [5.74, 6) is 0.419. The smallest absolute Gasteiger partial charge is 0.331 e. The van der Waals surface area contributed by atoms with Gasteiger partial charge < -0.3 is 29.0 Å². The predicted molar refractivity (Wildman–Crippen MR) is 146 cm³/mol. The van der Waals surface area contributed by atoms with Gasteiger partial charge in [0.05, 0.1) is 13.7 Å². The number of amides is 1. The molecular formula is C30H44N2O8. The molecule has 0 bridgehead atoms. The van der Waals surface area contributed by atoms with Crippen molar-refractivity contribution in [3.05, 3.63) is 18.0 Å². The fourth-order valence-corrected chi connectivity index (χ4v) is 6.59. The van der Waals surface area contributed by atoms with Crippen molar-refractivity contribution in [1.82, 2.24) is 10.3 Å². The number of aromatic nitrogens is 1. The van der Waals surface area contributed by atoms with Gasteiger partial charge in [0.15, 0.2) is 23.2 Å². The molecule has 1 aliphatic heterocycles. The number of pyridine rings is 1. The number of ether oxygens (including phenoxy) is 5. The fraction of sp³-hybridized carbons (Fsp3) is 0.733. The topological polar surface area (TPSA) is 122 Å². The summed E-state index contributed by atoms with van der Waals surface area (Å²) in [6.07, 6.45) is 13.4. The third kappa shape index (κ3) is 8.08. The Morgan fingerprint density at radius 2 is 1.73 bits per heavy atom. The monoisotopic (exact) mass is 560 g/mol. The third-order valence-corrected chi connectivity index (χ3v) is 8.68. The van der Waals surface area contributed by atoms with Gasteiger partial charge in [0.2, 0.25) is 6.79 Å². The molecule has 4 atom stereocenters. The van der Waals surface area contributed by atoms with Crippen LogP contribution < -0.4 is 14.8 Å². The largest absolute Gasteiger partial charge is 0.493 e. The zero-order valence-corrected chi connectivity index (χ0v) is 24.0. The lowest BCUT2D eigenvalue weighted by molar-refractivity contribution is -0.154. The van der Waals surface area contributed by atoms with Crippen LogP contribution >= 0.6 is 0 Å². The van der Waals surface area contributed by atoms with E-state index in [-0.39, 0.29) is 35.8 Å². The molecule has 3 aliphatic rings. The van der Waals surface area contributed by atoms with Gasteiger partial charge in [-0.05, 0) is 37.5 Å². The van der Waals surface area contributed by atoms with Gasteiger partial charge in [-0.1, -0.05) is 51.4 Å². The lowest BCUT2D eigenvalue weighted by Gasteiger charge is -2.34. The molecule has 4 rings (SSSR count). The van der Waals surface area contributed by atoms with Crippen LogP contribution in [-0.4, -0.2) is 62.1 Å². The van der Waals surface area contributed by atoms with Crippen molar-refractivity contribution in [2.45, 2.75) is 90.2 Å². The summed E-state index contributed by atoms with van der Waals surface area (Å²) in [7, 11) is 1.42. The van der Waals surface area contributed by atoms with E-state index in [0.717, 1.165) is 12.8 Å². The van der Waals surface area contributed by atoms with Crippen molar-refractivity contribution in [2.75, 3.05) is 27.1 Å². The highest BCUT2D eigenvalue weighted by molar-refractivity contribution is 5.98. The molecule has 2 saturated carbocycles. The van der Waals surface area contributed by atoms with E-state index in [2.05, 4.69) is 10.3 Å². The van der Waals surface area contributed by atoms with Gasteiger partial charge in [-0.15, -0.1) is 0 Å². The van der Waals surface area contributed by atoms with Crippen molar-refractivity contribution in [3.63, 3.8) is 0 Å². The molecule has 0 unspecified atom stereocenters. The number of rotatable bonds is 10. The first kappa shape index (κ1) is 30.1. The number of carbonyl (C=O) groups excluding carboxylic acids is 3. The number of nitrogens with zero attached hydrogens (tertiary/aromatic N) is 1. The quantitative estimate of drug-likeness (QED) is 0.327.